The molecule has 0 aliphatic carbocycles. The van der Waals surface area contributed by atoms with Gasteiger partial charge in [-0.05, 0) is 30.7 Å². The standard InChI is InChI=1S/C14H14FN3O2S/c1-2-8-6-7-11(21-8)14(19)17-10-5-3-4-9(15)12(10)13(16)18-20/h3-7,20H,2H2,1H3,(H2,16,18)(H,17,19). The molecule has 7 heteroatoms. The Balaban J connectivity index is 2.31. The Morgan fingerprint density at radius 2 is 2.19 bits per heavy atom. The number of carbonyl (C=O) groups excluding carboxylic acids is 1. The fourth-order valence-corrected chi connectivity index (χ4v) is 2.66. The SMILES string of the molecule is CCc1ccc(C(=O)Nc2cccc(F)c2C(N)=NO)s1. The highest BCUT2D eigenvalue weighted by Gasteiger charge is 2.16. The van der Waals surface area contributed by atoms with Crippen LogP contribution in [0.1, 0.15) is 27.0 Å². The molecule has 0 aliphatic heterocycles. The third-order valence-electron chi connectivity index (χ3n) is 2.86. The van der Waals surface area contributed by atoms with Crippen LogP contribution in [0.25, 0.3) is 0 Å². The molecular formula is C14H14FN3O2S. The van der Waals surface area contributed by atoms with Crippen molar-refractivity contribution in [3.63, 3.8) is 0 Å². The smallest absolute Gasteiger partial charge is 0.265 e. The van der Waals surface area contributed by atoms with Gasteiger partial charge in [-0.3, -0.25) is 4.79 Å². The molecule has 0 radical (unpaired) electrons. The van der Waals surface area contributed by atoms with E-state index in [-0.39, 0.29) is 17.2 Å². The minimum absolute atomic E-state index is 0.138. The van der Waals surface area contributed by atoms with Crippen LogP contribution in [0.2, 0.25) is 0 Å². The number of anilines is 1. The number of oxime groups is 1. The minimum atomic E-state index is -0.677. The fourth-order valence-electron chi connectivity index (χ4n) is 1.81. The van der Waals surface area contributed by atoms with E-state index < -0.39 is 11.7 Å². The molecule has 21 heavy (non-hydrogen) atoms. The van der Waals surface area contributed by atoms with Crippen LogP contribution < -0.4 is 11.1 Å². The van der Waals surface area contributed by atoms with E-state index >= 15 is 0 Å². The number of amides is 1. The monoisotopic (exact) mass is 307 g/mol. The molecule has 1 heterocycles. The van der Waals surface area contributed by atoms with E-state index in [0.29, 0.717) is 4.88 Å². The second-order valence-electron chi connectivity index (χ2n) is 4.22. The summed E-state index contributed by atoms with van der Waals surface area (Å²) < 4.78 is 13.8. The molecule has 0 aliphatic rings. The number of aryl methyl sites for hydroxylation is 1. The molecule has 4 N–H and O–H groups in total. The second kappa shape index (κ2) is 6.36. The van der Waals surface area contributed by atoms with Crippen molar-refractivity contribution in [3.05, 3.63) is 51.5 Å². The zero-order valence-electron chi connectivity index (χ0n) is 11.3. The van der Waals surface area contributed by atoms with Gasteiger partial charge in [0.25, 0.3) is 5.91 Å². The number of amidine groups is 1. The predicted molar refractivity (Wildman–Crippen MR) is 80.6 cm³/mol. The number of nitrogens with one attached hydrogen (secondary N) is 1. The Labute approximate surface area is 124 Å². The summed E-state index contributed by atoms with van der Waals surface area (Å²) in [4.78, 5) is 13.7. The first-order chi connectivity index (χ1) is 10.1. The van der Waals surface area contributed by atoms with Crippen molar-refractivity contribution in [1.29, 1.82) is 0 Å². The van der Waals surface area contributed by atoms with Crippen molar-refractivity contribution in [2.45, 2.75) is 13.3 Å². The average molecular weight is 307 g/mol. The number of carbonyl (C=O) groups is 1. The fraction of sp³-hybridized carbons (Fsp3) is 0.143. The van der Waals surface area contributed by atoms with Gasteiger partial charge in [0.2, 0.25) is 0 Å². The lowest BCUT2D eigenvalue weighted by molar-refractivity contribution is 0.103. The molecule has 110 valence electrons. The molecule has 2 aromatic rings. The molecule has 0 unspecified atom stereocenters. The van der Waals surface area contributed by atoms with Gasteiger partial charge in [-0.15, -0.1) is 11.3 Å². The van der Waals surface area contributed by atoms with E-state index in [2.05, 4.69) is 10.5 Å². The maximum atomic E-state index is 13.8. The first kappa shape index (κ1) is 15.0. The highest BCUT2D eigenvalue weighted by molar-refractivity contribution is 7.14. The van der Waals surface area contributed by atoms with Gasteiger partial charge in [-0.2, -0.15) is 0 Å². The maximum Gasteiger partial charge on any atom is 0.265 e. The van der Waals surface area contributed by atoms with Crippen LogP contribution in [0.5, 0.6) is 0 Å². The number of nitrogens with zero attached hydrogens (tertiary/aromatic N) is 1. The lowest BCUT2D eigenvalue weighted by Gasteiger charge is -2.10. The topological polar surface area (TPSA) is 87.7 Å². The van der Waals surface area contributed by atoms with E-state index in [1.807, 2.05) is 13.0 Å². The summed E-state index contributed by atoms with van der Waals surface area (Å²) in [6, 6.07) is 7.67. The summed E-state index contributed by atoms with van der Waals surface area (Å²) in [5.74, 6) is -1.44. The van der Waals surface area contributed by atoms with Crippen molar-refractivity contribution in [2.75, 3.05) is 5.32 Å². The Hall–Kier alpha value is -2.41. The van der Waals surface area contributed by atoms with Crippen LogP contribution in [0.4, 0.5) is 10.1 Å². The largest absolute Gasteiger partial charge is 0.409 e. The number of hydrogen-bond acceptors (Lipinski definition) is 4. The van der Waals surface area contributed by atoms with E-state index in [1.165, 1.54) is 29.5 Å². The van der Waals surface area contributed by atoms with Crippen LogP contribution in [0, 0.1) is 5.82 Å². The predicted octanol–water partition coefficient (Wildman–Crippen LogP) is 2.80. The van der Waals surface area contributed by atoms with E-state index in [9.17, 15) is 9.18 Å². The van der Waals surface area contributed by atoms with Crippen LogP contribution in [0.15, 0.2) is 35.5 Å². The zero-order valence-corrected chi connectivity index (χ0v) is 12.1. The first-order valence-electron chi connectivity index (χ1n) is 6.23. The Morgan fingerprint density at radius 1 is 1.43 bits per heavy atom. The normalized spacial score (nSPS) is 11.4. The molecule has 2 rings (SSSR count). The quantitative estimate of drug-likeness (QED) is 0.351. The minimum Gasteiger partial charge on any atom is -0.409 e. The maximum absolute atomic E-state index is 13.8. The van der Waals surface area contributed by atoms with Crippen molar-refractivity contribution >= 4 is 28.8 Å². The number of thiophene rings is 1. The number of nitrogens with two attached hydrogens (primary N) is 1. The van der Waals surface area contributed by atoms with Gasteiger partial charge in [0.15, 0.2) is 5.84 Å². The first-order valence-corrected chi connectivity index (χ1v) is 7.05. The van der Waals surface area contributed by atoms with Crippen molar-refractivity contribution in [3.8, 4) is 0 Å². The van der Waals surface area contributed by atoms with Gasteiger partial charge in [0, 0.05) is 4.88 Å². The molecular weight excluding hydrogens is 293 g/mol. The molecule has 0 saturated carbocycles. The van der Waals surface area contributed by atoms with Gasteiger partial charge in [-0.25, -0.2) is 4.39 Å². The van der Waals surface area contributed by atoms with Crippen LogP contribution in [-0.4, -0.2) is 17.0 Å². The van der Waals surface area contributed by atoms with Crippen molar-refractivity contribution < 1.29 is 14.4 Å². The third-order valence-corrected chi connectivity index (χ3v) is 4.09. The van der Waals surface area contributed by atoms with E-state index in [4.69, 9.17) is 10.9 Å². The summed E-state index contributed by atoms with van der Waals surface area (Å²) >= 11 is 1.37. The lowest BCUT2D eigenvalue weighted by atomic mass is 10.1. The van der Waals surface area contributed by atoms with Gasteiger partial charge in [0.1, 0.15) is 5.82 Å². The average Bonchev–Trinajstić information content (AvgIpc) is 2.96. The summed E-state index contributed by atoms with van der Waals surface area (Å²) in [6.07, 6.45) is 0.841. The molecule has 0 bridgehead atoms. The number of benzene rings is 1. The van der Waals surface area contributed by atoms with Crippen LogP contribution in [0.3, 0.4) is 0 Å². The van der Waals surface area contributed by atoms with Crippen LogP contribution >= 0.6 is 11.3 Å². The molecule has 5 nitrogen and oxygen atoms in total. The molecule has 1 aromatic heterocycles. The Morgan fingerprint density at radius 3 is 2.81 bits per heavy atom. The van der Waals surface area contributed by atoms with Gasteiger partial charge >= 0.3 is 0 Å². The summed E-state index contributed by atoms with van der Waals surface area (Å²) in [7, 11) is 0. The van der Waals surface area contributed by atoms with Gasteiger partial charge in [-0.1, -0.05) is 18.1 Å². The highest BCUT2D eigenvalue weighted by Crippen LogP contribution is 2.22. The molecule has 0 atom stereocenters. The van der Waals surface area contributed by atoms with Gasteiger partial charge in [0.05, 0.1) is 16.1 Å². The summed E-state index contributed by atoms with van der Waals surface area (Å²) in [5, 5.41) is 14.1. The molecule has 0 spiro atoms. The van der Waals surface area contributed by atoms with E-state index in [0.717, 1.165) is 11.3 Å². The molecule has 0 fully saturated rings. The van der Waals surface area contributed by atoms with Crippen molar-refractivity contribution in [2.24, 2.45) is 10.9 Å². The Bertz CT molecular complexity index is 697. The van der Waals surface area contributed by atoms with Gasteiger partial charge < -0.3 is 16.3 Å². The highest BCUT2D eigenvalue weighted by atomic mass is 32.1. The van der Waals surface area contributed by atoms with Crippen LogP contribution in [-0.2, 0) is 6.42 Å². The number of rotatable bonds is 4. The van der Waals surface area contributed by atoms with Crippen molar-refractivity contribution in [1.82, 2.24) is 0 Å². The molecule has 0 saturated heterocycles. The molecule has 1 aromatic carbocycles. The Kier molecular flexibility index (Phi) is 4.54. The second-order valence-corrected chi connectivity index (χ2v) is 5.39. The summed E-state index contributed by atoms with van der Waals surface area (Å²) in [5.41, 5.74) is 5.46. The number of halogens is 1. The lowest BCUT2D eigenvalue weighted by Crippen LogP contribution is -2.20. The third kappa shape index (κ3) is 3.19. The summed E-state index contributed by atoms with van der Waals surface area (Å²) in [6.45, 7) is 2.00. The molecule has 1 amide bonds. The van der Waals surface area contributed by atoms with E-state index in [1.54, 1.807) is 6.07 Å². The zero-order chi connectivity index (χ0) is 15.4. The number of hydrogen-bond donors (Lipinski definition) is 3.